The summed E-state index contributed by atoms with van der Waals surface area (Å²) in [7, 11) is 0. The predicted octanol–water partition coefficient (Wildman–Crippen LogP) is 5.02. The molecule has 29 heavy (non-hydrogen) atoms. The Bertz CT molecular complexity index is 1020. The van der Waals surface area contributed by atoms with Crippen LogP contribution in [-0.4, -0.2) is 18.0 Å². The Morgan fingerprint density at radius 2 is 1.69 bits per heavy atom. The van der Waals surface area contributed by atoms with Crippen LogP contribution in [0.3, 0.4) is 0 Å². The van der Waals surface area contributed by atoms with Crippen LogP contribution in [0.5, 0.6) is 5.75 Å². The largest absolute Gasteiger partial charge is 0.488 e. The zero-order valence-corrected chi connectivity index (χ0v) is 16.1. The van der Waals surface area contributed by atoms with E-state index in [9.17, 15) is 10.1 Å². The number of hydrogen-bond donors (Lipinski definition) is 1. The minimum atomic E-state index is -0.384. The minimum Gasteiger partial charge on any atom is -0.488 e. The molecule has 0 spiro atoms. The first-order valence-corrected chi connectivity index (χ1v) is 9.72. The van der Waals surface area contributed by atoms with Crippen LogP contribution in [-0.2, 0) is 6.61 Å². The molecule has 0 bridgehead atoms. The summed E-state index contributed by atoms with van der Waals surface area (Å²) in [4.78, 5) is 13.3. The van der Waals surface area contributed by atoms with Gasteiger partial charge in [0, 0.05) is 18.7 Å². The highest BCUT2D eigenvalue weighted by molar-refractivity contribution is 5.85. The first-order chi connectivity index (χ1) is 14.1. The van der Waals surface area contributed by atoms with Crippen molar-refractivity contribution in [3.05, 3.63) is 82.4 Å². The molecule has 3 aromatic rings. The van der Waals surface area contributed by atoms with E-state index in [4.69, 9.17) is 10.5 Å². The fourth-order valence-electron chi connectivity index (χ4n) is 3.76. The highest BCUT2D eigenvalue weighted by Gasteiger charge is 2.26. The Hall–Kier alpha value is -3.54. The second kappa shape index (κ2) is 8.22. The molecule has 1 heterocycles. The van der Waals surface area contributed by atoms with Gasteiger partial charge in [-0.3, -0.25) is 10.1 Å². The van der Waals surface area contributed by atoms with Gasteiger partial charge in [0.05, 0.1) is 4.92 Å². The van der Waals surface area contributed by atoms with E-state index in [1.807, 2.05) is 65.6 Å². The maximum Gasteiger partial charge on any atom is 0.315 e. The molecular formula is C23H23N3O3. The number of nitrogens with zero attached hydrogens (tertiary/aromatic N) is 2. The summed E-state index contributed by atoms with van der Waals surface area (Å²) >= 11 is 0. The van der Waals surface area contributed by atoms with Crippen LogP contribution in [0.1, 0.15) is 18.4 Å². The molecule has 0 radical (unpaired) electrons. The molecule has 0 amide bonds. The van der Waals surface area contributed by atoms with Gasteiger partial charge in [0.25, 0.3) is 0 Å². The Morgan fingerprint density at radius 3 is 2.41 bits per heavy atom. The van der Waals surface area contributed by atoms with Crippen molar-refractivity contribution in [2.24, 2.45) is 0 Å². The van der Waals surface area contributed by atoms with Crippen molar-refractivity contribution in [1.82, 2.24) is 0 Å². The number of nitrogen functional groups attached to an aromatic ring is 1. The molecule has 2 N–H and O–H groups in total. The monoisotopic (exact) mass is 389 g/mol. The highest BCUT2D eigenvalue weighted by atomic mass is 16.6. The summed E-state index contributed by atoms with van der Waals surface area (Å²) in [6, 6.07) is 21.2. The zero-order chi connectivity index (χ0) is 20.2. The second-order valence-electron chi connectivity index (χ2n) is 7.15. The Kier molecular flexibility index (Phi) is 5.33. The molecule has 0 aromatic heterocycles. The lowest BCUT2D eigenvalue weighted by atomic mass is 10.0. The number of nitro benzene ring substituents is 1. The molecule has 6 nitrogen and oxygen atoms in total. The SMILES string of the molecule is Nc1cc(-c2ccccc2OCc2ccccc2)cc(N2CCCC2)c1[N+](=O)[O-]. The van der Waals surface area contributed by atoms with Crippen molar-refractivity contribution in [3.63, 3.8) is 0 Å². The van der Waals surface area contributed by atoms with Crippen LogP contribution in [0, 0.1) is 10.1 Å². The Balaban J connectivity index is 1.72. The number of para-hydroxylation sites is 1. The average molecular weight is 389 g/mol. The standard InChI is InChI=1S/C23H23N3O3/c24-20-14-18(15-21(23(20)26(27)28)25-12-6-7-13-25)19-10-4-5-11-22(19)29-16-17-8-2-1-3-9-17/h1-5,8-11,14-15H,6-7,12-13,16,24H2. The van der Waals surface area contributed by atoms with Gasteiger partial charge in [-0.25, -0.2) is 0 Å². The van der Waals surface area contributed by atoms with Crippen LogP contribution >= 0.6 is 0 Å². The third-order valence-corrected chi connectivity index (χ3v) is 5.18. The molecule has 3 aromatic carbocycles. The third-order valence-electron chi connectivity index (χ3n) is 5.18. The Morgan fingerprint density at radius 1 is 1.00 bits per heavy atom. The molecule has 6 heteroatoms. The molecule has 1 fully saturated rings. The van der Waals surface area contributed by atoms with Crippen molar-refractivity contribution in [2.75, 3.05) is 23.7 Å². The van der Waals surface area contributed by atoms with Crippen molar-refractivity contribution in [3.8, 4) is 16.9 Å². The maximum atomic E-state index is 11.6. The van der Waals surface area contributed by atoms with Crippen LogP contribution in [0.2, 0.25) is 0 Å². The van der Waals surface area contributed by atoms with Crippen molar-refractivity contribution in [2.45, 2.75) is 19.4 Å². The van der Waals surface area contributed by atoms with Crippen LogP contribution in [0.4, 0.5) is 17.1 Å². The summed E-state index contributed by atoms with van der Waals surface area (Å²) in [5.74, 6) is 0.719. The number of rotatable bonds is 6. The lowest BCUT2D eigenvalue weighted by Gasteiger charge is -2.20. The minimum absolute atomic E-state index is 0.0154. The number of hydrogen-bond acceptors (Lipinski definition) is 5. The first kappa shape index (κ1) is 18.8. The summed E-state index contributed by atoms with van der Waals surface area (Å²) in [5.41, 5.74) is 9.63. The number of nitrogens with two attached hydrogens (primary N) is 1. The van der Waals surface area contributed by atoms with Gasteiger partial charge < -0.3 is 15.4 Å². The normalized spacial score (nSPS) is 13.4. The van der Waals surface area contributed by atoms with E-state index in [-0.39, 0.29) is 16.3 Å². The van der Waals surface area contributed by atoms with Gasteiger partial charge in [0.15, 0.2) is 0 Å². The summed E-state index contributed by atoms with van der Waals surface area (Å²) < 4.78 is 6.07. The van der Waals surface area contributed by atoms with E-state index in [0.29, 0.717) is 12.3 Å². The first-order valence-electron chi connectivity index (χ1n) is 9.72. The number of anilines is 2. The van der Waals surface area contributed by atoms with Crippen molar-refractivity contribution >= 4 is 17.1 Å². The quantitative estimate of drug-likeness (QED) is 0.363. The number of benzene rings is 3. The molecule has 0 unspecified atom stereocenters. The molecule has 1 saturated heterocycles. The molecule has 148 valence electrons. The molecule has 1 aliphatic rings. The Labute approximate surface area is 169 Å². The van der Waals surface area contributed by atoms with Crippen LogP contribution in [0.25, 0.3) is 11.1 Å². The highest BCUT2D eigenvalue weighted by Crippen LogP contribution is 2.41. The van der Waals surface area contributed by atoms with E-state index >= 15 is 0 Å². The van der Waals surface area contributed by atoms with E-state index in [0.717, 1.165) is 48.4 Å². The molecule has 0 saturated carbocycles. The fraction of sp³-hybridized carbons (Fsp3) is 0.217. The van der Waals surface area contributed by atoms with Gasteiger partial charge in [0.1, 0.15) is 23.7 Å². The van der Waals surface area contributed by atoms with E-state index < -0.39 is 0 Å². The number of nitro groups is 1. The lowest BCUT2D eigenvalue weighted by Crippen LogP contribution is -2.19. The number of ether oxygens (including phenoxy) is 1. The smallest absolute Gasteiger partial charge is 0.315 e. The summed E-state index contributed by atoms with van der Waals surface area (Å²) in [5, 5.41) is 11.6. The van der Waals surface area contributed by atoms with Gasteiger partial charge in [0.2, 0.25) is 0 Å². The van der Waals surface area contributed by atoms with Crippen molar-refractivity contribution < 1.29 is 9.66 Å². The second-order valence-corrected chi connectivity index (χ2v) is 7.15. The summed E-state index contributed by atoms with van der Waals surface area (Å²) in [6.45, 7) is 2.05. The lowest BCUT2D eigenvalue weighted by molar-refractivity contribution is -0.383. The van der Waals surface area contributed by atoms with E-state index in [1.165, 1.54) is 0 Å². The van der Waals surface area contributed by atoms with Crippen molar-refractivity contribution in [1.29, 1.82) is 0 Å². The van der Waals surface area contributed by atoms with Gasteiger partial charge in [-0.2, -0.15) is 0 Å². The average Bonchev–Trinajstić information content (AvgIpc) is 3.27. The third kappa shape index (κ3) is 4.01. The van der Waals surface area contributed by atoms with Gasteiger partial charge in [-0.15, -0.1) is 0 Å². The molecule has 4 rings (SSSR count). The predicted molar refractivity (Wildman–Crippen MR) is 115 cm³/mol. The fourth-order valence-corrected chi connectivity index (χ4v) is 3.76. The van der Waals surface area contributed by atoms with E-state index in [1.54, 1.807) is 6.07 Å². The zero-order valence-electron chi connectivity index (χ0n) is 16.1. The molecule has 0 aliphatic carbocycles. The maximum absolute atomic E-state index is 11.6. The topological polar surface area (TPSA) is 81.6 Å². The van der Waals surface area contributed by atoms with Crippen LogP contribution in [0.15, 0.2) is 66.7 Å². The molecular weight excluding hydrogens is 366 g/mol. The van der Waals surface area contributed by atoms with Gasteiger partial charge in [-0.1, -0.05) is 48.5 Å². The molecule has 0 atom stereocenters. The van der Waals surface area contributed by atoms with Crippen LogP contribution < -0.4 is 15.4 Å². The van der Waals surface area contributed by atoms with Gasteiger partial charge >= 0.3 is 5.69 Å². The molecule has 1 aliphatic heterocycles. The summed E-state index contributed by atoms with van der Waals surface area (Å²) in [6.07, 6.45) is 2.05. The van der Waals surface area contributed by atoms with Gasteiger partial charge in [-0.05, 0) is 42.2 Å². The van der Waals surface area contributed by atoms with E-state index in [2.05, 4.69) is 0 Å².